The Kier molecular flexibility index (Phi) is 4.89. The van der Waals surface area contributed by atoms with Crippen molar-refractivity contribution in [3.05, 3.63) is 35.9 Å². The van der Waals surface area contributed by atoms with E-state index in [0.29, 0.717) is 50.0 Å². The number of anilines is 1. The molecule has 172 valence electrons. The quantitative estimate of drug-likeness (QED) is 0.334. The van der Waals surface area contributed by atoms with Crippen LogP contribution >= 0.6 is 22.9 Å². The van der Waals surface area contributed by atoms with Gasteiger partial charge in [-0.1, -0.05) is 22.9 Å². The minimum absolute atomic E-state index is 0.00955. The first-order valence-corrected chi connectivity index (χ1v) is 11.7. The van der Waals surface area contributed by atoms with Gasteiger partial charge in [0.1, 0.15) is 16.2 Å². The van der Waals surface area contributed by atoms with Crippen molar-refractivity contribution >= 4 is 55.2 Å². The molecular weight excluding hydrogens is 478 g/mol. The molecule has 0 spiro atoms. The van der Waals surface area contributed by atoms with Crippen molar-refractivity contribution in [2.24, 2.45) is 5.92 Å². The molecule has 1 amide bonds. The minimum atomic E-state index is 0.00955. The highest BCUT2D eigenvalue weighted by Crippen LogP contribution is 2.38. The summed E-state index contributed by atoms with van der Waals surface area (Å²) < 4.78 is 13.4. The number of imidazole rings is 1. The van der Waals surface area contributed by atoms with Gasteiger partial charge in [-0.15, -0.1) is 0 Å². The molecule has 4 heterocycles. The largest absolute Gasteiger partial charge is 0.493 e. The van der Waals surface area contributed by atoms with Gasteiger partial charge < -0.3 is 14.8 Å². The summed E-state index contributed by atoms with van der Waals surface area (Å²) in [5.74, 6) is 1.88. The van der Waals surface area contributed by atoms with Crippen molar-refractivity contribution in [2.75, 3.05) is 19.5 Å². The molecule has 0 atom stereocenters. The van der Waals surface area contributed by atoms with Crippen molar-refractivity contribution in [2.45, 2.75) is 12.8 Å². The Balaban J connectivity index is 1.43. The topological polar surface area (TPSA) is 120 Å². The lowest BCUT2D eigenvalue weighted by atomic mass is 10.1. The lowest BCUT2D eigenvalue weighted by molar-refractivity contribution is -0.117. The average Bonchev–Trinajstić information content (AvgIpc) is 3.27. The summed E-state index contributed by atoms with van der Waals surface area (Å²) in [6.07, 6.45) is 5.22. The third kappa shape index (κ3) is 3.44. The Morgan fingerprint density at radius 2 is 2.00 bits per heavy atom. The van der Waals surface area contributed by atoms with Crippen molar-refractivity contribution in [3.63, 3.8) is 0 Å². The number of methoxy groups -OCH3 is 2. The van der Waals surface area contributed by atoms with E-state index in [2.05, 4.69) is 30.5 Å². The second-order valence-electron chi connectivity index (χ2n) is 7.88. The number of thiazole rings is 1. The Morgan fingerprint density at radius 1 is 1.21 bits per heavy atom. The van der Waals surface area contributed by atoms with Crippen LogP contribution in [0.15, 0.2) is 30.7 Å². The fourth-order valence-corrected chi connectivity index (χ4v) is 4.94. The summed E-state index contributed by atoms with van der Waals surface area (Å²) in [6.45, 7) is 0. The van der Waals surface area contributed by atoms with Crippen LogP contribution in [0.2, 0.25) is 5.15 Å². The fourth-order valence-electron chi connectivity index (χ4n) is 3.79. The fraction of sp³-hybridized carbons (Fsp3) is 0.227. The summed E-state index contributed by atoms with van der Waals surface area (Å²) in [5.41, 5.74) is 2.66. The Morgan fingerprint density at radius 3 is 2.76 bits per heavy atom. The highest BCUT2D eigenvalue weighted by Gasteiger charge is 2.30. The standard InChI is InChI=1S/C22H18ClN7O3S/c1-32-15-6-11-5-12(18(23)25-13(11)7-16(15)33-2)14-8-24-9-30(14)20-17-19(28-29-20)26-22(34-17)27-21(31)10-3-4-10/h5-10H,3-4H2,1-2H3,(H2,26,27,28,29,31). The molecule has 1 aliphatic rings. The van der Waals surface area contributed by atoms with Gasteiger partial charge in [-0.2, -0.15) is 5.10 Å². The summed E-state index contributed by atoms with van der Waals surface area (Å²) >= 11 is 7.96. The molecule has 0 bridgehead atoms. The van der Waals surface area contributed by atoms with Gasteiger partial charge in [0.05, 0.1) is 31.6 Å². The number of pyridine rings is 1. The van der Waals surface area contributed by atoms with E-state index in [-0.39, 0.29) is 11.8 Å². The van der Waals surface area contributed by atoms with E-state index >= 15 is 0 Å². The number of nitrogens with one attached hydrogen (secondary N) is 2. The number of ether oxygens (including phenoxy) is 2. The van der Waals surface area contributed by atoms with Crippen molar-refractivity contribution < 1.29 is 14.3 Å². The minimum Gasteiger partial charge on any atom is -0.493 e. The number of hydrogen-bond donors (Lipinski definition) is 2. The van der Waals surface area contributed by atoms with Crippen LogP contribution in [0.3, 0.4) is 0 Å². The number of nitrogens with zero attached hydrogens (tertiary/aromatic N) is 5. The average molecular weight is 496 g/mol. The highest BCUT2D eigenvalue weighted by molar-refractivity contribution is 7.22. The maximum absolute atomic E-state index is 12.1. The van der Waals surface area contributed by atoms with E-state index < -0.39 is 0 Å². The normalized spacial score (nSPS) is 13.5. The molecule has 0 aliphatic heterocycles. The van der Waals surface area contributed by atoms with Crippen LogP contribution < -0.4 is 14.8 Å². The Labute approximate surface area is 201 Å². The second kappa shape index (κ2) is 7.96. The van der Waals surface area contributed by atoms with Crippen LogP contribution in [0, 0.1) is 5.92 Å². The van der Waals surface area contributed by atoms with Crippen LogP contribution in [0.1, 0.15) is 12.8 Å². The van der Waals surface area contributed by atoms with E-state index in [1.54, 1.807) is 32.8 Å². The van der Waals surface area contributed by atoms with E-state index in [0.717, 1.165) is 22.9 Å². The summed E-state index contributed by atoms with van der Waals surface area (Å²) in [5, 5.41) is 11.9. The van der Waals surface area contributed by atoms with Crippen LogP contribution in [0.25, 0.3) is 38.3 Å². The number of aromatic nitrogens is 6. The van der Waals surface area contributed by atoms with Gasteiger partial charge in [-0.3, -0.25) is 14.5 Å². The van der Waals surface area contributed by atoms with Crippen molar-refractivity contribution in [3.8, 4) is 28.6 Å². The summed E-state index contributed by atoms with van der Waals surface area (Å²) in [4.78, 5) is 25.5. The lowest BCUT2D eigenvalue weighted by Crippen LogP contribution is -2.12. The van der Waals surface area contributed by atoms with E-state index in [1.807, 2.05) is 16.7 Å². The van der Waals surface area contributed by atoms with E-state index in [1.165, 1.54) is 11.3 Å². The summed E-state index contributed by atoms with van der Waals surface area (Å²) in [6, 6.07) is 5.57. The van der Waals surface area contributed by atoms with Gasteiger partial charge in [0.2, 0.25) is 5.91 Å². The van der Waals surface area contributed by atoms with Crippen LogP contribution in [0.4, 0.5) is 5.13 Å². The zero-order chi connectivity index (χ0) is 23.4. The molecule has 4 aromatic heterocycles. The lowest BCUT2D eigenvalue weighted by Gasteiger charge is -2.11. The van der Waals surface area contributed by atoms with Gasteiger partial charge in [-0.25, -0.2) is 15.0 Å². The molecule has 10 nitrogen and oxygen atoms in total. The molecule has 1 aliphatic carbocycles. The Hall–Kier alpha value is -3.70. The number of carbonyl (C=O) groups is 1. The first kappa shape index (κ1) is 20.9. The van der Waals surface area contributed by atoms with Crippen molar-refractivity contribution in [1.82, 2.24) is 29.7 Å². The van der Waals surface area contributed by atoms with E-state index in [4.69, 9.17) is 21.1 Å². The third-order valence-electron chi connectivity index (χ3n) is 5.69. The number of amides is 1. The predicted molar refractivity (Wildman–Crippen MR) is 129 cm³/mol. The second-order valence-corrected chi connectivity index (χ2v) is 9.24. The first-order chi connectivity index (χ1) is 16.6. The molecular formula is C22H18ClN7O3S. The SMILES string of the molecule is COc1cc2cc(-c3cncn3-c3n[nH]c4nc(NC(=O)C5CC5)sc34)c(Cl)nc2cc1OC. The third-order valence-corrected chi connectivity index (χ3v) is 6.95. The maximum Gasteiger partial charge on any atom is 0.229 e. The number of fused-ring (bicyclic) bond motifs is 2. The number of hydrogen-bond acceptors (Lipinski definition) is 8. The Bertz CT molecular complexity index is 1570. The zero-order valence-electron chi connectivity index (χ0n) is 18.1. The number of aromatic amines is 1. The molecule has 0 radical (unpaired) electrons. The number of benzene rings is 1. The molecule has 2 N–H and O–H groups in total. The van der Waals surface area contributed by atoms with Crippen LogP contribution in [-0.4, -0.2) is 49.8 Å². The van der Waals surface area contributed by atoms with Gasteiger partial charge in [0, 0.05) is 22.9 Å². The smallest absolute Gasteiger partial charge is 0.229 e. The molecule has 1 fully saturated rings. The molecule has 12 heteroatoms. The number of carbonyl (C=O) groups excluding carboxylic acids is 1. The molecule has 5 aromatic rings. The molecule has 6 rings (SSSR count). The monoisotopic (exact) mass is 495 g/mol. The van der Waals surface area contributed by atoms with Crippen LogP contribution in [-0.2, 0) is 4.79 Å². The maximum atomic E-state index is 12.1. The molecule has 34 heavy (non-hydrogen) atoms. The first-order valence-electron chi connectivity index (χ1n) is 10.5. The van der Waals surface area contributed by atoms with Gasteiger partial charge in [-0.05, 0) is 25.0 Å². The summed E-state index contributed by atoms with van der Waals surface area (Å²) in [7, 11) is 3.16. The van der Waals surface area contributed by atoms with Gasteiger partial charge >= 0.3 is 0 Å². The van der Waals surface area contributed by atoms with Crippen molar-refractivity contribution in [1.29, 1.82) is 0 Å². The molecule has 0 saturated heterocycles. The number of halogens is 1. The van der Waals surface area contributed by atoms with E-state index in [9.17, 15) is 4.79 Å². The number of rotatable bonds is 6. The molecule has 1 aromatic carbocycles. The molecule has 0 unspecified atom stereocenters. The van der Waals surface area contributed by atoms with Crippen LogP contribution in [0.5, 0.6) is 11.5 Å². The van der Waals surface area contributed by atoms with Gasteiger partial charge in [0.25, 0.3) is 0 Å². The zero-order valence-corrected chi connectivity index (χ0v) is 19.7. The molecule has 1 saturated carbocycles. The predicted octanol–water partition coefficient (Wildman–Crippen LogP) is 4.44. The highest BCUT2D eigenvalue weighted by atomic mass is 35.5. The van der Waals surface area contributed by atoms with Gasteiger partial charge in [0.15, 0.2) is 28.1 Å². The number of H-pyrrole nitrogens is 1.